The lowest BCUT2D eigenvalue weighted by molar-refractivity contribution is -0.128. The predicted octanol–water partition coefficient (Wildman–Crippen LogP) is 4.30. The van der Waals surface area contributed by atoms with Crippen molar-refractivity contribution in [3.8, 4) is 0 Å². The summed E-state index contributed by atoms with van der Waals surface area (Å²) >= 11 is 0. The number of carbonyl (C=O) groups is 1. The number of hydrogen-bond donors (Lipinski definition) is 0. The molecule has 0 saturated heterocycles. The molecule has 0 radical (unpaired) electrons. The highest BCUT2D eigenvalue weighted by molar-refractivity contribution is 7.92. The first kappa shape index (κ1) is 26.2. The van der Waals surface area contributed by atoms with Gasteiger partial charge in [0.25, 0.3) is 10.0 Å². The largest absolute Gasteiger partial charge is 0.378 e. The van der Waals surface area contributed by atoms with Crippen LogP contribution in [0.15, 0.2) is 78.0 Å². The zero-order valence-corrected chi connectivity index (χ0v) is 22.1. The summed E-state index contributed by atoms with van der Waals surface area (Å²) in [6.07, 6.45) is 3.36. The molecule has 0 atom stereocenters. The number of likely N-dealkylation sites (N-methyl/N-ethyl adjacent to an activating group) is 1. The monoisotopic (exact) mass is 494 g/mol. The van der Waals surface area contributed by atoms with E-state index in [0.717, 1.165) is 16.8 Å². The van der Waals surface area contributed by atoms with Crippen molar-refractivity contribution in [3.05, 3.63) is 84.2 Å². The highest BCUT2D eigenvalue weighted by atomic mass is 32.2. The molecule has 1 heterocycles. The number of carbonyl (C=O) groups excluding carboxylic acids is 1. The Labute approximate surface area is 209 Å². The summed E-state index contributed by atoms with van der Waals surface area (Å²) in [6, 6.07) is 17.7. The SMILES string of the molecule is CN(Cc1cccnc1)C(=O)CN(c1cccc(N(C)C)c1)S(=O)(=O)c1ccc(C(C)(C)C)cc1. The van der Waals surface area contributed by atoms with Crippen molar-refractivity contribution >= 4 is 27.3 Å². The Morgan fingerprint density at radius 2 is 1.57 bits per heavy atom. The summed E-state index contributed by atoms with van der Waals surface area (Å²) in [5.41, 5.74) is 3.06. The molecule has 0 fully saturated rings. The van der Waals surface area contributed by atoms with Crippen LogP contribution in [0.2, 0.25) is 0 Å². The van der Waals surface area contributed by atoms with E-state index in [1.54, 1.807) is 55.8 Å². The molecule has 0 aliphatic heterocycles. The number of sulfonamides is 1. The fourth-order valence-electron chi connectivity index (χ4n) is 3.59. The van der Waals surface area contributed by atoms with E-state index in [4.69, 9.17) is 0 Å². The standard InChI is InChI=1S/C27H34N4O3S/c1-27(2,3)22-12-14-25(15-13-22)35(33,34)31(24-11-7-10-23(17-24)29(4)5)20-26(32)30(6)19-21-9-8-16-28-18-21/h7-18H,19-20H2,1-6H3. The van der Waals surface area contributed by atoms with Crippen molar-refractivity contribution in [2.24, 2.45) is 0 Å². The third-order valence-electron chi connectivity index (χ3n) is 5.79. The zero-order valence-electron chi connectivity index (χ0n) is 21.3. The molecule has 8 heteroatoms. The van der Waals surface area contributed by atoms with E-state index in [-0.39, 0.29) is 22.8 Å². The smallest absolute Gasteiger partial charge is 0.264 e. The van der Waals surface area contributed by atoms with E-state index in [2.05, 4.69) is 25.8 Å². The number of nitrogens with zero attached hydrogens (tertiary/aromatic N) is 4. The predicted molar refractivity (Wildman–Crippen MR) is 141 cm³/mol. The second-order valence-corrected chi connectivity index (χ2v) is 11.7. The van der Waals surface area contributed by atoms with Crippen LogP contribution >= 0.6 is 0 Å². The molecular formula is C27H34N4O3S. The number of aromatic nitrogens is 1. The Kier molecular flexibility index (Phi) is 7.85. The summed E-state index contributed by atoms with van der Waals surface area (Å²) in [5.74, 6) is -0.320. The Morgan fingerprint density at radius 1 is 0.914 bits per heavy atom. The van der Waals surface area contributed by atoms with Gasteiger partial charge in [0.05, 0.1) is 10.6 Å². The Hall–Kier alpha value is -3.39. The maximum absolute atomic E-state index is 13.8. The van der Waals surface area contributed by atoms with Gasteiger partial charge >= 0.3 is 0 Å². The Bertz CT molecular complexity index is 1250. The van der Waals surface area contributed by atoms with Crippen LogP contribution in [0, 0.1) is 0 Å². The van der Waals surface area contributed by atoms with Gasteiger partial charge in [0.2, 0.25) is 5.91 Å². The third-order valence-corrected chi connectivity index (χ3v) is 7.58. The van der Waals surface area contributed by atoms with Crippen LogP contribution in [0.4, 0.5) is 11.4 Å². The molecule has 0 spiro atoms. The number of pyridine rings is 1. The average Bonchev–Trinajstić information content (AvgIpc) is 2.82. The van der Waals surface area contributed by atoms with E-state index in [1.165, 1.54) is 9.21 Å². The number of hydrogen-bond acceptors (Lipinski definition) is 5. The summed E-state index contributed by atoms with van der Waals surface area (Å²) < 4.78 is 28.8. The van der Waals surface area contributed by atoms with Crippen molar-refractivity contribution in [1.82, 2.24) is 9.88 Å². The minimum absolute atomic E-state index is 0.104. The lowest BCUT2D eigenvalue weighted by atomic mass is 9.87. The maximum atomic E-state index is 13.8. The topological polar surface area (TPSA) is 73.8 Å². The molecule has 0 saturated carbocycles. The van der Waals surface area contributed by atoms with Crippen molar-refractivity contribution < 1.29 is 13.2 Å². The maximum Gasteiger partial charge on any atom is 0.264 e. The van der Waals surface area contributed by atoms with Gasteiger partial charge in [-0.05, 0) is 52.9 Å². The fraction of sp³-hybridized carbons (Fsp3) is 0.333. The number of anilines is 2. The molecular weight excluding hydrogens is 460 g/mol. The van der Waals surface area contributed by atoms with Gasteiger partial charge in [-0.15, -0.1) is 0 Å². The summed E-state index contributed by atoms with van der Waals surface area (Å²) in [5, 5.41) is 0. The number of rotatable bonds is 8. The van der Waals surface area contributed by atoms with Gasteiger partial charge in [-0.3, -0.25) is 14.1 Å². The average molecular weight is 495 g/mol. The highest BCUT2D eigenvalue weighted by Gasteiger charge is 2.29. The van der Waals surface area contributed by atoms with Crippen molar-refractivity contribution in [2.45, 2.75) is 37.6 Å². The van der Waals surface area contributed by atoms with Gasteiger partial charge in [0.15, 0.2) is 0 Å². The second kappa shape index (κ2) is 10.5. The first-order valence-electron chi connectivity index (χ1n) is 11.4. The van der Waals surface area contributed by atoms with Crippen molar-refractivity contribution in [1.29, 1.82) is 0 Å². The minimum atomic E-state index is -4.01. The van der Waals surface area contributed by atoms with Crippen LogP contribution < -0.4 is 9.21 Å². The first-order chi connectivity index (χ1) is 16.4. The minimum Gasteiger partial charge on any atom is -0.378 e. The van der Waals surface area contributed by atoms with Crippen LogP contribution in [0.5, 0.6) is 0 Å². The van der Waals surface area contributed by atoms with Crippen molar-refractivity contribution in [3.63, 3.8) is 0 Å². The van der Waals surface area contributed by atoms with E-state index in [0.29, 0.717) is 12.2 Å². The van der Waals surface area contributed by atoms with Gasteiger partial charge in [-0.25, -0.2) is 8.42 Å². The molecule has 3 rings (SSSR count). The van der Waals surface area contributed by atoms with Crippen LogP contribution in [0.1, 0.15) is 31.9 Å². The van der Waals surface area contributed by atoms with Gasteiger partial charge in [-0.2, -0.15) is 0 Å². The molecule has 0 aliphatic carbocycles. The van der Waals surface area contributed by atoms with E-state index >= 15 is 0 Å². The molecule has 1 amide bonds. The van der Waals surface area contributed by atoms with Crippen LogP contribution in [-0.4, -0.2) is 51.9 Å². The molecule has 0 unspecified atom stereocenters. The molecule has 3 aromatic rings. The number of benzene rings is 2. The molecule has 2 aromatic carbocycles. The quantitative estimate of drug-likeness (QED) is 0.467. The highest BCUT2D eigenvalue weighted by Crippen LogP contribution is 2.29. The summed E-state index contributed by atoms with van der Waals surface area (Å²) in [7, 11) is 1.43. The fourth-order valence-corrected chi connectivity index (χ4v) is 5.00. The van der Waals surface area contributed by atoms with Gasteiger partial charge in [-0.1, -0.05) is 45.0 Å². The van der Waals surface area contributed by atoms with Crippen LogP contribution in [0.3, 0.4) is 0 Å². The molecule has 0 bridgehead atoms. The molecule has 0 aliphatic rings. The third kappa shape index (κ3) is 6.39. The van der Waals surface area contributed by atoms with E-state index in [1.807, 2.05) is 43.3 Å². The zero-order chi connectivity index (χ0) is 25.8. The van der Waals surface area contributed by atoms with Crippen molar-refractivity contribution in [2.75, 3.05) is 36.9 Å². The second-order valence-electron chi connectivity index (χ2n) is 9.81. The van der Waals surface area contributed by atoms with Gasteiger partial charge in [0, 0.05) is 45.8 Å². The van der Waals surface area contributed by atoms with Crippen LogP contribution in [-0.2, 0) is 26.8 Å². The van der Waals surface area contributed by atoms with E-state index in [9.17, 15) is 13.2 Å². The normalized spacial score (nSPS) is 11.7. The number of amides is 1. The molecule has 186 valence electrons. The van der Waals surface area contributed by atoms with Gasteiger partial charge in [0.1, 0.15) is 6.54 Å². The molecule has 35 heavy (non-hydrogen) atoms. The Balaban J connectivity index is 1.98. The lowest BCUT2D eigenvalue weighted by Gasteiger charge is -2.28. The lowest BCUT2D eigenvalue weighted by Crippen LogP contribution is -2.41. The summed E-state index contributed by atoms with van der Waals surface area (Å²) in [4.78, 5) is 20.8. The molecule has 1 aromatic heterocycles. The van der Waals surface area contributed by atoms with Gasteiger partial charge < -0.3 is 9.80 Å². The summed E-state index contributed by atoms with van der Waals surface area (Å²) in [6.45, 7) is 6.24. The van der Waals surface area contributed by atoms with Crippen LogP contribution in [0.25, 0.3) is 0 Å². The Morgan fingerprint density at radius 3 is 2.14 bits per heavy atom. The van der Waals surface area contributed by atoms with E-state index < -0.39 is 10.0 Å². The first-order valence-corrected chi connectivity index (χ1v) is 12.9. The molecule has 7 nitrogen and oxygen atoms in total. The molecule has 0 N–H and O–H groups in total.